The summed E-state index contributed by atoms with van der Waals surface area (Å²) in [4.78, 5) is 18.1. The van der Waals surface area contributed by atoms with Crippen LogP contribution in [0.3, 0.4) is 0 Å². The summed E-state index contributed by atoms with van der Waals surface area (Å²) in [6.45, 7) is 5.93. The lowest BCUT2D eigenvalue weighted by atomic mass is 9.97. The van der Waals surface area contributed by atoms with Crippen LogP contribution in [0.1, 0.15) is 36.9 Å². The van der Waals surface area contributed by atoms with Gasteiger partial charge in [0, 0.05) is 37.8 Å². The van der Waals surface area contributed by atoms with Crippen LogP contribution in [-0.4, -0.2) is 93.2 Å². The number of halogens is 2. The molecule has 0 saturated carbocycles. The molecule has 41 heavy (non-hydrogen) atoms. The minimum atomic E-state index is -3.07. The van der Waals surface area contributed by atoms with E-state index in [1.165, 1.54) is 12.1 Å². The summed E-state index contributed by atoms with van der Waals surface area (Å²) in [6.07, 6.45) is -0.118. The standard InChI is InChI=1S/C29H38F2N6O4/c1-19(20-7-5-8-21(17-20)29(30,31)24-9-6-13-40-24)32-25-22-18-23(37-11-14-39-15-12-37)27(38-4)33-26(22)35-28(34-25)41-16-10-36(2)3/h5,7-8,17-19,24H,6,9-16H2,1-4H3,(H,32,33,34,35)/t19-,24?/m1/s1. The number of nitrogens with one attached hydrogen (secondary N) is 1. The molecule has 12 heteroatoms. The number of anilines is 2. The molecule has 1 aromatic carbocycles. The third-order valence-corrected chi connectivity index (χ3v) is 7.39. The van der Waals surface area contributed by atoms with Gasteiger partial charge < -0.3 is 34.1 Å². The molecule has 2 saturated heterocycles. The third-order valence-electron chi connectivity index (χ3n) is 7.39. The zero-order valence-corrected chi connectivity index (χ0v) is 24.0. The summed E-state index contributed by atoms with van der Waals surface area (Å²) in [5.74, 6) is -2.14. The van der Waals surface area contributed by atoms with E-state index in [1.807, 2.05) is 38.1 Å². The number of morpholine rings is 1. The van der Waals surface area contributed by atoms with E-state index < -0.39 is 12.0 Å². The van der Waals surface area contributed by atoms with Crippen molar-refractivity contribution in [1.29, 1.82) is 0 Å². The van der Waals surface area contributed by atoms with Gasteiger partial charge in [-0.05, 0) is 51.6 Å². The fourth-order valence-corrected chi connectivity index (χ4v) is 5.04. The van der Waals surface area contributed by atoms with Crippen molar-refractivity contribution in [2.75, 3.05) is 77.5 Å². The number of likely N-dealkylation sites (N-methyl/N-ethyl adjacent to an activating group) is 1. The molecule has 0 radical (unpaired) electrons. The van der Waals surface area contributed by atoms with Crippen molar-refractivity contribution >= 4 is 22.5 Å². The van der Waals surface area contributed by atoms with E-state index in [0.717, 1.165) is 5.69 Å². The van der Waals surface area contributed by atoms with Crippen molar-refractivity contribution < 1.29 is 27.7 Å². The SMILES string of the molecule is COc1nc2nc(OCCN(C)C)nc(N[C@H](C)c3cccc(C(F)(F)C4CCCO4)c3)c2cc1N1CCOCC1. The molecule has 2 aromatic heterocycles. The number of rotatable bonds is 11. The van der Waals surface area contributed by atoms with Crippen LogP contribution < -0.4 is 19.7 Å². The number of hydrogen-bond donors (Lipinski definition) is 1. The Labute approximate surface area is 239 Å². The van der Waals surface area contributed by atoms with Crippen LogP contribution in [0, 0.1) is 0 Å². The number of ether oxygens (including phenoxy) is 4. The molecule has 222 valence electrons. The Hall–Kier alpha value is -3.35. The average Bonchev–Trinajstić information content (AvgIpc) is 3.53. The Morgan fingerprint density at radius 2 is 1.95 bits per heavy atom. The molecular formula is C29H38F2N6O4. The Balaban J connectivity index is 1.49. The van der Waals surface area contributed by atoms with E-state index in [4.69, 9.17) is 23.9 Å². The van der Waals surface area contributed by atoms with Gasteiger partial charge in [-0.1, -0.05) is 18.2 Å². The number of nitrogens with zero attached hydrogens (tertiary/aromatic N) is 5. The van der Waals surface area contributed by atoms with Gasteiger partial charge >= 0.3 is 6.01 Å². The Morgan fingerprint density at radius 3 is 2.66 bits per heavy atom. The van der Waals surface area contributed by atoms with Crippen LogP contribution in [0.5, 0.6) is 11.9 Å². The second-order valence-electron chi connectivity index (χ2n) is 10.6. The van der Waals surface area contributed by atoms with Crippen LogP contribution in [0.25, 0.3) is 11.0 Å². The first-order valence-electron chi connectivity index (χ1n) is 14.0. The Morgan fingerprint density at radius 1 is 1.15 bits per heavy atom. The summed E-state index contributed by atoms with van der Waals surface area (Å²) in [6, 6.07) is 8.23. The van der Waals surface area contributed by atoms with Gasteiger partial charge in [-0.2, -0.15) is 23.7 Å². The molecular weight excluding hydrogens is 534 g/mol. The molecule has 10 nitrogen and oxygen atoms in total. The van der Waals surface area contributed by atoms with Gasteiger partial charge in [0.2, 0.25) is 5.88 Å². The Kier molecular flexibility index (Phi) is 9.00. The first kappa shape index (κ1) is 29.2. The fourth-order valence-electron chi connectivity index (χ4n) is 5.04. The van der Waals surface area contributed by atoms with E-state index in [0.29, 0.717) is 87.2 Å². The molecule has 4 heterocycles. The van der Waals surface area contributed by atoms with Gasteiger partial charge in [0.25, 0.3) is 5.92 Å². The lowest BCUT2D eigenvalue weighted by Gasteiger charge is -2.29. The Bertz CT molecular complexity index is 1330. The second kappa shape index (κ2) is 12.7. The van der Waals surface area contributed by atoms with Crippen LogP contribution in [-0.2, 0) is 15.4 Å². The van der Waals surface area contributed by atoms with Crippen LogP contribution >= 0.6 is 0 Å². The monoisotopic (exact) mass is 572 g/mol. The maximum absolute atomic E-state index is 15.2. The zero-order valence-electron chi connectivity index (χ0n) is 24.0. The molecule has 3 aromatic rings. The van der Waals surface area contributed by atoms with Crippen molar-refractivity contribution in [1.82, 2.24) is 19.9 Å². The fraction of sp³-hybridized carbons (Fsp3) is 0.552. The topological polar surface area (TPSA) is 94.1 Å². The third kappa shape index (κ3) is 6.60. The zero-order chi connectivity index (χ0) is 29.0. The summed E-state index contributed by atoms with van der Waals surface area (Å²) in [5.41, 5.74) is 1.85. The van der Waals surface area contributed by atoms with E-state index in [1.54, 1.807) is 13.2 Å². The smallest absolute Gasteiger partial charge is 0.320 e. The van der Waals surface area contributed by atoms with Crippen molar-refractivity contribution in [3.05, 3.63) is 41.5 Å². The highest BCUT2D eigenvalue weighted by Crippen LogP contribution is 2.39. The molecule has 2 aliphatic rings. The van der Waals surface area contributed by atoms with Crippen molar-refractivity contribution in [2.24, 2.45) is 0 Å². The average molecular weight is 573 g/mol. The quantitative estimate of drug-likeness (QED) is 0.359. The minimum absolute atomic E-state index is 0.0585. The number of alkyl halides is 2. The first-order valence-corrected chi connectivity index (χ1v) is 14.0. The van der Waals surface area contributed by atoms with E-state index >= 15 is 8.78 Å². The van der Waals surface area contributed by atoms with Crippen molar-refractivity contribution in [2.45, 2.75) is 37.8 Å². The van der Waals surface area contributed by atoms with Gasteiger partial charge in [-0.25, -0.2) is 0 Å². The van der Waals surface area contributed by atoms with E-state index in [9.17, 15) is 0 Å². The normalized spacial score (nSPS) is 18.6. The number of aromatic nitrogens is 3. The van der Waals surface area contributed by atoms with E-state index in [2.05, 4.69) is 20.2 Å². The summed E-state index contributed by atoms with van der Waals surface area (Å²) < 4.78 is 52.8. The van der Waals surface area contributed by atoms with Crippen LogP contribution in [0.15, 0.2) is 30.3 Å². The van der Waals surface area contributed by atoms with Crippen LogP contribution in [0.4, 0.5) is 20.3 Å². The summed E-state index contributed by atoms with van der Waals surface area (Å²) >= 11 is 0. The van der Waals surface area contributed by atoms with Gasteiger partial charge in [-0.15, -0.1) is 0 Å². The molecule has 0 spiro atoms. The number of methoxy groups -OCH3 is 1. The molecule has 2 atom stereocenters. The maximum atomic E-state index is 15.2. The van der Waals surface area contributed by atoms with Crippen LogP contribution in [0.2, 0.25) is 0 Å². The molecule has 1 N–H and O–H groups in total. The molecule has 0 aliphatic carbocycles. The maximum Gasteiger partial charge on any atom is 0.320 e. The highest BCUT2D eigenvalue weighted by molar-refractivity contribution is 5.91. The first-order chi connectivity index (χ1) is 19.8. The molecule has 2 aliphatic heterocycles. The van der Waals surface area contributed by atoms with Crippen molar-refractivity contribution in [3.8, 4) is 11.9 Å². The number of fused-ring (bicyclic) bond motifs is 1. The summed E-state index contributed by atoms with van der Waals surface area (Å²) in [7, 11) is 5.49. The molecule has 1 unspecified atom stereocenters. The highest BCUT2D eigenvalue weighted by atomic mass is 19.3. The van der Waals surface area contributed by atoms with Gasteiger partial charge in [0.15, 0.2) is 5.65 Å². The largest absolute Gasteiger partial charge is 0.479 e. The molecule has 0 bridgehead atoms. The number of benzene rings is 1. The number of pyridine rings is 1. The predicted molar refractivity (Wildman–Crippen MR) is 152 cm³/mol. The van der Waals surface area contributed by atoms with Crippen molar-refractivity contribution in [3.63, 3.8) is 0 Å². The lowest BCUT2D eigenvalue weighted by Crippen LogP contribution is -2.36. The second-order valence-corrected chi connectivity index (χ2v) is 10.6. The number of hydrogen-bond acceptors (Lipinski definition) is 10. The molecule has 0 amide bonds. The lowest BCUT2D eigenvalue weighted by molar-refractivity contribution is -0.122. The molecule has 2 fully saturated rings. The minimum Gasteiger partial charge on any atom is -0.479 e. The highest BCUT2D eigenvalue weighted by Gasteiger charge is 2.44. The predicted octanol–water partition coefficient (Wildman–Crippen LogP) is 4.25. The van der Waals surface area contributed by atoms with Gasteiger partial charge in [-0.3, -0.25) is 0 Å². The molecule has 5 rings (SSSR count). The summed E-state index contributed by atoms with van der Waals surface area (Å²) in [5, 5.41) is 4.08. The van der Waals surface area contributed by atoms with Gasteiger partial charge in [0.1, 0.15) is 24.2 Å². The van der Waals surface area contributed by atoms with Gasteiger partial charge in [0.05, 0.1) is 25.7 Å². The van der Waals surface area contributed by atoms with E-state index in [-0.39, 0.29) is 17.6 Å².